The van der Waals surface area contributed by atoms with Crippen molar-refractivity contribution in [3.63, 3.8) is 0 Å². The Bertz CT molecular complexity index is 179. The minimum absolute atomic E-state index is 0.315. The highest BCUT2D eigenvalue weighted by Gasteiger charge is 2.20. The van der Waals surface area contributed by atoms with Crippen LogP contribution in [0, 0.1) is 5.92 Å². The molecule has 1 N–H and O–H groups in total. The molecule has 17 heavy (non-hydrogen) atoms. The van der Waals surface area contributed by atoms with Gasteiger partial charge in [-0.2, -0.15) is 0 Å². The number of nitrogens with zero attached hydrogens (tertiary/aromatic N) is 1. The minimum Gasteiger partial charge on any atom is -0.396 e. The standard InChI is InChI=1S/C14H29NO2/c1-3-15(10-4-12-16)11-9-13-5-7-14(17-2)8-6-13/h13-14,16H,3-12H2,1-2H3. The molecule has 0 aliphatic heterocycles. The topological polar surface area (TPSA) is 32.7 Å². The number of hydrogen-bond donors (Lipinski definition) is 1. The van der Waals surface area contributed by atoms with Crippen molar-refractivity contribution in [2.75, 3.05) is 33.4 Å². The van der Waals surface area contributed by atoms with E-state index in [0.717, 1.165) is 25.4 Å². The quantitative estimate of drug-likeness (QED) is 0.710. The highest BCUT2D eigenvalue weighted by molar-refractivity contribution is 4.73. The fourth-order valence-electron chi connectivity index (χ4n) is 2.74. The molecule has 1 fully saturated rings. The van der Waals surface area contributed by atoms with Crippen molar-refractivity contribution in [1.82, 2.24) is 4.90 Å². The van der Waals surface area contributed by atoms with Crippen LogP contribution in [-0.2, 0) is 4.74 Å². The maximum absolute atomic E-state index is 8.84. The summed E-state index contributed by atoms with van der Waals surface area (Å²) in [6.07, 6.45) is 7.88. The first-order valence-corrected chi connectivity index (χ1v) is 7.16. The van der Waals surface area contributed by atoms with Crippen molar-refractivity contribution < 1.29 is 9.84 Å². The Morgan fingerprint density at radius 3 is 2.41 bits per heavy atom. The van der Waals surface area contributed by atoms with Crippen LogP contribution in [0.3, 0.4) is 0 Å². The SMILES string of the molecule is CCN(CCCO)CCC1CCC(OC)CC1. The van der Waals surface area contributed by atoms with E-state index in [-0.39, 0.29) is 0 Å². The average Bonchev–Trinajstić information content (AvgIpc) is 2.39. The largest absolute Gasteiger partial charge is 0.396 e. The smallest absolute Gasteiger partial charge is 0.0571 e. The monoisotopic (exact) mass is 243 g/mol. The maximum atomic E-state index is 8.84. The Hall–Kier alpha value is -0.120. The van der Waals surface area contributed by atoms with E-state index < -0.39 is 0 Å². The first kappa shape index (κ1) is 14.9. The summed E-state index contributed by atoms with van der Waals surface area (Å²) in [6, 6.07) is 0. The van der Waals surface area contributed by atoms with Gasteiger partial charge in [0.1, 0.15) is 0 Å². The Balaban J connectivity index is 2.12. The minimum atomic E-state index is 0.315. The van der Waals surface area contributed by atoms with Crippen molar-refractivity contribution >= 4 is 0 Å². The second-order valence-electron chi connectivity index (χ2n) is 5.18. The molecular formula is C14H29NO2. The molecule has 3 heteroatoms. The average molecular weight is 243 g/mol. The van der Waals surface area contributed by atoms with Gasteiger partial charge in [-0.1, -0.05) is 6.92 Å². The number of aliphatic hydroxyl groups excluding tert-OH is 1. The fraction of sp³-hybridized carbons (Fsp3) is 1.00. The van der Waals surface area contributed by atoms with Gasteiger partial charge in [-0.05, 0) is 57.5 Å². The Labute approximate surface area is 106 Å². The van der Waals surface area contributed by atoms with Crippen LogP contribution in [0.1, 0.15) is 45.4 Å². The highest BCUT2D eigenvalue weighted by Crippen LogP contribution is 2.28. The van der Waals surface area contributed by atoms with Gasteiger partial charge in [0.25, 0.3) is 0 Å². The lowest BCUT2D eigenvalue weighted by Crippen LogP contribution is -2.29. The lowest BCUT2D eigenvalue weighted by molar-refractivity contribution is 0.0536. The van der Waals surface area contributed by atoms with Gasteiger partial charge in [0.15, 0.2) is 0 Å². The maximum Gasteiger partial charge on any atom is 0.0571 e. The van der Waals surface area contributed by atoms with Crippen LogP contribution < -0.4 is 0 Å². The molecule has 1 saturated carbocycles. The summed E-state index contributed by atoms with van der Waals surface area (Å²) in [5, 5.41) is 8.84. The third-order valence-electron chi connectivity index (χ3n) is 4.06. The molecule has 1 aliphatic carbocycles. The van der Waals surface area contributed by atoms with Crippen LogP contribution in [0.2, 0.25) is 0 Å². The van der Waals surface area contributed by atoms with E-state index >= 15 is 0 Å². The van der Waals surface area contributed by atoms with Gasteiger partial charge in [-0.25, -0.2) is 0 Å². The number of methoxy groups -OCH3 is 1. The van der Waals surface area contributed by atoms with Crippen LogP contribution in [0.15, 0.2) is 0 Å². The first-order valence-electron chi connectivity index (χ1n) is 7.16. The van der Waals surface area contributed by atoms with Crippen LogP contribution >= 0.6 is 0 Å². The zero-order valence-corrected chi connectivity index (χ0v) is 11.5. The van der Waals surface area contributed by atoms with Crippen LogP contribution in [0.25, 0.3) is 0 Å². The van der Waals surface area contributed by atoms with E-state index in [1.807, 2.05) is 7.11 Å². The van der Waals surface area contributed by atoms with Gasteiger partial charge in [0.05, 0.1) is 6.10 Å². The van der Waals surface area contributed by atoms with Gasteiger partial charge in [0, 0.05) is 20.3 Å². The third kappa shape index (κ3) is 5.84. The molecule has 0 aromatic rings. The van der Waals surface area contributed by atoms with Crippen molar-refractivity contribution in [1.29, 1.82) is 0 Å². The molecule has 1 rings (SSSR count). The summed E-state index contributed by atoms with van der Waals surface area (Å²) in [5.74, 6) is 0.893. The van der Waals surface area contributed by atoms with Gasteiger partial charge < -0.3 is 14.7 Å². The van der Waals surface area contributed by atoms with Gasteiger partial charge in [-0.3, -0.25) is 0 Å². The molecule has 0 spiro atoms. The third-order valence-corrected chi connectivity index (χ3v) is 4.06. The number of aliphatic hydroxyl groups is 1. The summed E-state index contributed by atoms with van der Waals surface area (Å²) in [7, 11) is 1.83. The molecule has 0 atom stereocenters. The highest BCUT2D eigenvalue weighted by atomic mass is 16.5. The Morgan fingerprint density at radius 1 is 1.18 bits per heavy atom. The van der Waals surface area contributed by atoms with Gasteiger partial charge in [-0.15, -0.1) is 0 Å². The summed E-state index contributed by atoms with van der Waals surface area (Å²) >= 11 is 0. The summed E-state index contributed by atoms with van der Waals surface area (Å²) in [4.78, 5) is 2.46. The summed E-state index contributed by atoms with van der Waals surface area (Å²) < 4.78 is 5.40. The second-order valence-corrected chi connectivity index (χ2v) is 5.18. The second kappa shape index (κ2) is 8.90. The van der Waals surface area contributed by atoms with E-state index in [4.69, 9.17) is 9.84 Å². The molecule has 0 radical (unpaired) electrons. The summed E-state index contributed by atoms with van der Waals surface area (Å²) in [6.45, 7) is 5.86. The lowest BCUT2D eigenvalue weighted by atomic mass is 9.85. The number of hydrogen-bond acceptors (Lipinski definition) is 3. The molecule has 0 unspecified atom stereocenters. The van der Waals surface area contributed by atoms with E-state index in [9.17, 15) is 0 Å². The normalized spacial score (nSPS) is 25.4. The van der Waals surface area contributed by atoms with Gasteiger partial charge in [0.2, 0.25) is 0 Å². The Morgan fingerprint density at radius 2 is 1.88 bits per heavy atom. The van der Waals surface area contributed by atoms with Crippen molar-refractivity contribution in [2.45, 2.75) is 51.6 Å². The van der Waals surface area contributed by atoms with Gasteiger partial charge >= 0.3 is 0 Å². The van der Waals surface area contributed by atoms with E-state index in [0.29, 0.717) is 12.7 Å². The molecule has 3 nitrogen and oxygen atoms in total. The molecule has 0 heterocycles. The number of ether oxygens (including phenoxy) is 1. The number of rotatable bonds is 8. The molecule has 1 aliphatic rings. The first-order chi connectivity index (χ1) is 8.30. The van der Waals surface area contributed by atoms with E-state index in [1.165, 1.54) is 38.6 Å². The van der Waals surface area contributed by atoms with Crippen molar-refractivity contribution in [3.05, 3.63) is 0 Å². The zero-order chi connectivity index (χ0) is 12.5. The molecule has 0 aromatic carbocycles. The Kier molecular flexibility index (Phi) is 7.82. The fourth-order valence-corrected chi connectivity index (χ4v) is 2.74. The van der Waals surface area contributed by atoms with Crippen LogP contribution in [-0.4, -0.2) is 49.5 Å². The molecule has 0 amide bonds. The zero-order valence-electron chi connectivity index (χ0n) is 11.5. The predicted molar refractivity (Wildman–Crippen MR) is 71.2 cm³/mol. The van der Waals surface area contributed by atoms with E-state index in [1.54, 1.807) is 0 Å². The predicted octanol–water partition coefficient (Wildman–Crippen LogP) is 2.29. The van der Waals surface area contributed by atoms with E-state index in [2.05, 4.69) is 11.8 Å². The molecule has 0 bridgehead atoms. The van der Waals surface area contributed by atoms with Crippen molar-refractivity contribution in [2.24, 2.45) is 5.92 Å². The lowest BCUT2D eigenvalue weighted by Gasteiger charge is -2.29. The van der Waals surface area contributed by atoms with Crippen molar-refractivity contribution in [3.8, 4) is 0 Å². The molecular weight excluding hydrogens is 214 g/mol. The molecule has 0 saturated heterocycles. The molecule has 102 valence electrons. The molecule has 0 aromatic heterocycles. The van der Waals surface area contributed by atoms with Crippen LogP contribution in [0.5, 0.6) is 0 Å². The van der Waals surface area contributed by atoms with Crippen LogP contribution in [0.4, 0.5) is 0 Å². The summed E-state index contributed by atoms with van der Waals surface area (Å²) in [5.41, 5.74) is 0.